The third-order valence-corrected chi connectivity index (χ3v) is 3.83. The van der Waals surface area contributed by atoms with Gasteiger partial charge in [0.1, 0.15) is 11.4 Å². The second-order valence-electron chi connectivity index (χ2n) is 4.90. The Labute approximate surface area is 140 Å². The second kappa shape index (κ2) is 8.11. The highest BCUT2D eigenvalue weighted by Gasteiger charge is 2.28. The molecule has 0 unspecified atom stereocenters. The van der Waals surface area contributed by atoms with Crippen LogP contribution in [0.25, 0.3) is 0 Å². The first-order chi connectivity index (χ1) is 11.4. The molecule has 2 aromatic rings. The van der Waals surface area contributed by atoms with E-state index < -0.39 is 12.8 Å². The van der Waals surface area contributed by atoms with Gasteiger partial charge in [0.15, 0.2) is 6.61 Å². The number of ether oxygens (including phenoxy) is 1. The lowest BCUT2D eigenvalue weighted by molar-refractivity contribution is -0.153. The minimum absolute atomic E-state index is 0.119. The fraction of sp³-hybridized carbons (Fsp3) is 0.333. The number of amides is 1. The Morgan fingerprint density at radius 1 is 1.29 bits per heavy atom. The summed E-state index contributed by atoms with van der Waals surface area (Å²) in [5, 5.41) is 5.16. The topological polar surface area (TPSA) is 77.2 Å². The minimum atomic E-state index is -4.37. The third kappa shape index (κ3) is 5.82. The standard InChI is InChI=1S/C15H16F3N3O2S/c16-15(17,18)9-23-11-3-1-10(2-4-11)7-20-14(22)12-8-24-13(21-12)5-6-19/h1-4,8H,5-7,9,19H2,(H,20,22). The van der Waals surface area contributed by atoms with E-state index >= 15 is 0 Å². The number of nitrogens with one attached hydrogen (secondary N) is 1. The van der Waals surface area contributed by atoms with Crippen molar-refractivity contribution in [3.8, 4) is 5.75 Å². The van der Waals surface area contributed by atoms with Gasteiger partial charge >= 0.3 is 6.18 Å². The number of carbonyl (C=O) groups excluding carboxylic acids is 1. The van der Waals surface area contributed by atoms with E-state index in [1.807, 2.05) is 0 Å². The molecule has 24 heavy (non-hydrogen) atoms. The van der Waals surface area contributed by atoms with Gasteiger partial charge in [0, 0.05) is 18.3 Å². The average molecular weight is 359 g/mol. The van der Waals surface area contributed by atoms with Gasteiger partial charge in [-0.05, 0) is 24.2 Å². The van der Waals surface area contributed by atoms with E-state index in [4.69, 9.17) is 5.73 Å². The number of rotatable bonds is 7. The van der Waals surface area contributed by atoms with Gasteiger partial charge < -0.3 is 15.8 Å². The van der Waals surface area contributed by atoms with Crippen LogP contribution in [-0.2, 0) is 13.0 Å². The van der Waals surface area contributed by atoms with Crippen LogP contribution in [0.3, 0.4) is 0 Å². The fourth-order valence-corrected chi connectivity index (χ4v) is 2.59. The van der Waals surface area contributed by atoms with Crippen LogP contribution in [0.5, 0.6) is 5.75 Å². The summed E-state index contributed by atoms with van der Waals surface area (Å²) >= 11 is 1.37. The molecule has 5 nitrogen and oxygen atoms in total. The molecule has 0 atom stereocenters. The van der Waals surface area contributed by atoms with E-state index in [0.29, 0.717) is 18.7 Å². The molecule has 0 aliphatic rings. The zero-order valence-corrected chi connectivity index (χ0v) is 13.4. The Kier molecular flexibility index (Phi) is 6.16. The zero-order chi connectivity index (χ0) is 17.6. The molecule has 0 bridgehead atoms. The van der Waals surface area contributed by atoms with E-state index in [2.05, 4.69) is 15.0 Å². The molecule has 2 rings (SSSR count). The maximum atomic E-state index is 12.1. The summed E-state index contributed by atoms with van der Waals surface area (Å²) < 4.78 is 40.8. The van der Waals surface area contributed by atoms with Crippen molar-refractivity contribution in [3.05, 3.63) is 45.9 Å². The monoisotopic (exact) mass is 359 g/mol. The van der Waals surface area contributed by atoms with Crippen molar-refractivity contribution in [1.29, 1.82) is 0 Å². The maximum Gasteiger partial charge on any atom is 0.422 e. The van der Waals surface area contributed by atoms with E-state index in [1.54, 1.807) is 17.5 Å². The number of aromatic nitrogens is 1. The van der Waals surface area contributed by atoms with Gasteiger partial charge in [0.25, 0.3) is 5.91 Å². The number of carbonyl (C=O) groups is 1. The summed E-state index contributed by atoms with van der Waals surface area (Å²) in [4.78, 5) is 16.1. The lowest BCUT2D eigenvalue weighted by atomic mass is 10.2. The lowest BCUT2D eigenvalue weighted by Gasteiger charge is -2.09. The normalized spacial score (nSPS) is 11.3. The summed E-state index contributed by atoms with van der Waals surface area (Å²) in [7, 11) is 0. The summed E-state index contributed by atoms with van der Waals surface area (Å²) in [6.45, 7) is -0.627. The highest BCUT2D eigenvalue weighted by Crippen LogP contribution is 2.19. The lowest BCUT2D eigenvalue weighted by Crippen LogP contribution is -2.23. The Bertz CT molecular complexity index is 671. The zero-order valence-electron chi connectivity index (χ0n) is 12.6. The third-order valence-electron chi connectivity index (χ3n) is 2.92. The van der Waals surface area contributed by atoms with Gasteiger partial charge in [-0.15, -0.1) is 11.3 Å². The van der Waals surface area contributed by atoms with Gasteiger partial charge in [0.05, 0.1) is 5.01 Å². The molecular formula is C15H16F3N3O2S. The van der Waals surface area contributed by atoms with Crippen LogP contribution in [-0.4, -0.2) is 30.2 Å². The molecule has 0 spiro atoms. The van der Waals surface area contributed by atoms with Crippen molar-refractivity contribution in [2.24, 2.45) is 5.73 Å². The highest BCUT2D eigenvalue weighted by molar-refractivity contribution is 7.09. The second-order valence-corrected chi connectivity index (χ2v) is 5.84. The predicted molar refractivity (Wildman–Crippen MR) is 84.0 cm³/mol. The number of halogens is 3. The summed E-state index contributed by atoms with van der Waals surface area (Å²) in [6.07, 6.45) is -3.75. The van der Waals surface area contributed by atoms with Gasteiger partial charge in [0.2, 0.25) is 0 Å². The van der Waals surface area contributed by atoms with E-state index in [1.165, 1.54) is 23.5 Å². The van der Waals surface area contributed by atoms with Gasteiger partial charge in [-0.2, -0.15) is 13.2 Å². The molecular weight excluding hydrogens is 343 g/mol. The van der Waals surface area contributed by atoms with Crippen LogP contribution in [0.4, 0.5) is 13.2 Å². The molecule has 0 aliphatic heterocycles. The van der Waals surface area contributed by atoms with Crippen LogP contribution in [0.2, 0.25) is 0 Å². The first-order valence-corrected chi connectivity index (χ1v) is 7.96. The van der Waals surface area contributed by atoms with Crippen LogP contribution in [0.1, 0.15) is 21.1 Å². The molecule has 1 aromatic carbocycles. The van der Waals surface area contributed by atoms with Crippen LogP contribution in [0, 0.1) is 0 Å². The van der Waals surface area contributed by atoms with Gasteiger partial charge in [-0.3, -0.25) is 4.79 Å². The minimum Gasteiger partial charge on any atom is -0.484 e. The summed E-state index contributed by atoms with van der Waals surface area (Å²) in [5.74, 6) is -0.194. The largest absolute Gasteiger partial charge is 0.484 e. The van der Waals surface area contributed by atoms with Crippen LogP contribution in [0.15, 0.2) is 29.6 Å². The molecule has 1 aromatic heterocycles. The van der Waals surface area contributed by atoms with Crippen LogP contribution >= 0.6 is 11.3 Å². The highest BCUT2D eigenvalue weighted by atomic mass is 32.1. The number of nitrogens with zero attached hydrogens (tertiary/aromatic N) is 1. The Morgan fingerprint density at radius 3 is 2.62 bits per heavy atom. The van der Waals surface area contributed by atoms with Gasteiger partial charge in [-0.1, -0.05) is 12.1 Å². The number of hydrogen-bond acceptors (Lipinski definition) is 5. The number of thiazole rings is 1. The predicted octanol–water partition coefficient (Wildman–Crippen LogP) is 2.52. The van der Waals surface area contributed by atoms with E-state index in [0.717, 1.165) is 10.6 Å². The quantitative estimate of drug-likeness (QED) is 0.796. The first kappa shape index (κ1) is 18.2. The van der Waals surface area contributed by atoms with Crippen molar-refractivity contribution in [2.75, 3.05) is 13.2 Å². The molecule has 0 fully saturated rings. The molecule has 130 valence electrons. The van der Waals surface area contributed by atoms with Crippen molar-refractivity contribution >= 4 is 17.2 Å². The molecule has 1 heterocycles. The Balaban J connectivity index is 1.84. The van der Waals surface area contributed by atoms with E-state index in [9.17, 15) is 18.0 Å². The van der Waals surface area contributed by atoms with Crippen molar-refractivity contribution in [3.63, 3.8) is 0 Å². The molecule has 9 heteroatoms. The SMILES string of the molecule is NCCc1nc(C(=O)NCc2ccc(OCC(F)(F)F)cc2)cs1. The Morgan fingerprint density at radius 2 is 2.00 bits per heavy atom. The van der Waals surface area contributed by atoms with Crippen LogP contribution < -0.4 is 15.8 Å². The molecule has 3 N–H and O–H groups in total. The van der Waals surface area contributed by atoms with Gasteiger partial charge in [-0.25, -0.2) is 4.98 Å². The number of hydrogen-bond donors (Lipinski definition) is 2. The number of benzene rings is 1. The van der Waals surface area contributed by atoms with E-state index in [-0.39, 0.29) is 18.2 Å². The maximum absolute atomic E-state index is 12.1. The first-order valence-electron chi connectivity index (χ1n) is 7.08. The summed E-state index contributed by atoms with van der Waals surface area (Å²) in [5.41, 5.74) is 6.50. The summed E-state index contributed by atoms with van der Waals surface area (Å²) in [6, 6.07) is 6.03. The Hall–Kier alpha value is -2.13. The smallest absolute Gasteiger partial charge is 0.422 e. The number of alkyl halides is 3. The van der Waals surface area contributed by atoms with Crippen molar-refractivity contribution in [1.82, 2.24) is 10.3 Å². The molecule has 0 saturated carbocycles. The fourth-order valence-electron chi connectivity index (χ4n) is 1.80. The molecule has 0 saturated heterocycles. The molecule has 1 amide bonds. The molecule has 0 radical (unpaired) electrons. The average Bonchev–Trinajstić information content (AvgIpc) is 3.00. The van der Waals surface area contributed by atoms with Crippen molar-refractivity contribution < 1.29 is 22.7 Å². The van der Waals surface area contributed by atoms with Crippen molar-refractivity contribution in [2.45, 2.75) is 19.1 Å². The molecule has 0 aliphatic carbocycles. The number of nitrogens with two attached hydrogens (primary N) is 1.